The molecule has 27 heavy (non-hydrogen) atoms. The lowest BCUT2D eigenvalue weighted by atomic mass is 10.1. The molecule has 0 fully saturated rings. The van der Waals surface area contributed by atoms with Crippen LogP contribution in [0, 0.1) is 0 Å². The second-order valence-corrected chi connectivity index (χ2v) is 6.80. The molecule has 0 aliphatic rings. The Bertz CT molecular complexity index is 1210. The third-order valence-corrected chi connectivity index (χ3v) is 5.05. The van der Waals surface area contributed by atoms with Gasteiger partial charge in [0.05, 0.1) is 11.0 Å². The van der Waals surface area contributed by atoms with E-state index < -0.39 is 0 Å². The molecule has 0 unspecified atom stereocenters. The fraction of sp³-hybridized carbons (Fsp3) is 0. The zero-order chi connectivity index (χ0) is 18.4. The first kappa shape index (κ1) is 15.5. The normalized spacial score (nSPS) is 11.3. The fourth-order valence-corrected chi connectivity index (χ4v) is 3.77. The molecule has 0 amide bonds. The predicted molar refractivity (Wildman–Crippen MR) is 115 cm³/mol. The van der Waals surface area contributed by atoms with Crippen LogP contribution < -0.4 is 11.5 Å². The third kappa shape index (κ3) is 2.52. The van der Waals surface area contributed by atoms with Crippen LogP contribution in [0.4, 0.5) is 11.4 Å². The highest BCUT2D eigenvalue weighted by Crippen LogP contribution is 2.34. The second kappa shape index (κ2) is 5.92. The van der Waals surface area contributed by atoms with E-state index in [9.17, 15) is 0 Å². The van der Waals surface area contributed by atoms with Gasteiger partial charge in [-0.25, -0.2) is 0 Å². The van der Waals surface area contributed by atoms with Gasteiger partial charge in [0.25, 0.3) is 0 Å². The van der Waals surface area contributed by atoms with Crippen molar-refractivity contribution < 1.29 is 0 Å². The van der Waals surface area contributed by atoms with E-state index in [1.807, 2.05) is 30.3 Å². The van der Waals surface area contributed by atoms with Crippen molar-refractivity contribution in [3.63, 3.8) is 0 Å². The van der Waals surface area contributed by atoms with E-state index in [4.69, 9.17) is 11.5 Å². The molecule has 0 saturated carbocycles. The molecular weight excluding hydrogens is 330 g/mol. The van der Waals surface area contributed by atoms with Crippen LogP contribution in [0.15, 0.2) is 91.0 Å². The highest BCUT2D eigenvalue weighted by molar-refractivity contribution is 6.11. The van der Waals surface area contributed by atoms with Crippen LogP contribution in [0.1, 0.15) is 0 Å². The minimum atomic E-state index is 0.753. The van der Waals surface area contributed by atoms with Crippen LogP contribution in [-0.2, 0) is 0 Å². The van der Waals surface area contributed by atoms with Crippen molar-refractivity contribution in [2.45, 2.75) is 0 Å². The molecule has 1 aromatic heterocycles. The minimum absolute atomic E-state index is 0.753. The Balaban J connectivity index is 1.74. The highest BCUT2D eigenvalue weighted by atomic mass is 15.0. The number of fused-ring (bicyclic) bond motifs is 3. The highest BCUT2D eigenvalue weighted by Gasteiger charge is 2.13. The zero-order valence-corrected chi connectivity index (χ0v) is 14.8. The average molecular weight is 349 g/mol. The summed E-state index contributed by atoms with van der Waals surface area (Å²) in [5, 5.41) is 2.23. The average Bonchev–Trinajstić information content (AvgIpc) is 3.02. The number of aromatic nitrogens is 1. The molecule has 3 nitrogen and oxygen atoms in total. The maximum Gasteiger partial charge on any atom is 0.0542 e. The lowest BCUT2D eigenvalue weighted by molar-refractivity contribution is 1.18. The summed E-state index contributed by atoms with van der Waals surface area (Å²) in [5.41, 5.74) is 19.4. The molecule has 0 saturated heterocycles. The topological polar surface area (TPSA) is 57.0 Å². The Morgan fingerprint density at radius 2 is 1.04 bits per heavy atom. The number of hydrogen-bond acceptors (Lipinski definition) is 2. The van der Waals surface area contributed by atoms with Crippen molar-refractivity contribution in [1.82, 2.24) is 4.57 Å². The number of nitrogens with two attached hydrogens (primary N) is 2. The molecule has 1 heterocycles. The summed E-state index contributed by atoms with van der Waals surface area (Å²) < 4.78 is 2.26. The number of anilines is 2. The Morgan fingerprint density at radius 1 is 0.519 bits per heavy atom. The minimum Gasteiger partial charge on any atom is -0.399 e. The number of nitrogen functional groups attached to an aromatic ring is 2. The Kier molecular flexibility index (Phi) is 3.41. The van der Waals surface area contributed by atoms with Gasteiger partial charge >= 0.3 is 0 Å². The van der Waals surface area contributed by atoms with E-state index in [0.717, 1.165) is 38.9 Å². The molecule has 4 N–H and O–H groups in total. The van der Waals surface area contributed by atoms with Gasteiger partial charge in [-0.05, 0) is 59.7 Å². The number of rotatable bonds is 2. The molecule has 0 aliphatic heterocycles. The van der Waals surface area contributed by atoms with Gasteiger partial charge in [-0.1, -0.05) is 42.5 Å². The smallest absolute Gasteiger partial charge is 0.0542 e. The molecule has 0 aliphatic carbocycles. The Morgan fingerprint density at radius 3 is 1.59 bits per heavy atom. The van der Waals surface area contributed by atoms with E-state index in [1.54, 1.807) is 0 Å². The van der Waals surface area contributed by atoms with Crippen LogP contribution in [0.3, 0.4) is 0 Å². The molecule has 4 aromatic carbocycles. The van der Waals surface area contributed by atoms with E-state index >= 15 is 0 Å². The zero-order valence-electron chi connectivity index (χ0n) is 14.8. The molecule has 0 bridgehead atoms. The van der Waals surface area contributed by atoms with Crippen molar-refractivity contribution >= 4 is 33.2 Å². The molecule has 0 radical (unpaired) electrons. The first-order valence-electron chi connectivity index (χ1n) is 8.96. The first-order valence-corrected chi connectivity index (χ1v) is 8.96. The van der Waals surface area contributed by atoms with Gasteiger partial charge in [0.1, 0.15) is 0 Å². The summed E-state index contributed by atoms with van der Waals surface area (Å²) in [6.07, 6.45) is 0. The molecule has 5 rings (SSSR count). The summed E-state index contributed by atoms with van der Waals surface area (Å²) >= 11 is 0. The molecule has 0 atom stereocenters. The first-order chi connectivity index (χ1) is 13.2. The monoisotopic (exact) mass is 349 g/mol. The van der Waals surface area contributed by atoms with Gasteiger partial charge in [-0.2, -0.15) is 0 Å². The summed E-state index contributed by atoms with van der Waals surface area (Å²) in [6, 6.07) is 31.1. The van der Waals surface area contributed by atoms with Crippen LogP contribution >= 0.6 is 0 Å². The molecule has 3 heteroatoms. The summed E-state index contributed by atoms with van der Waals surface area (Å²) in [5.74, 6) is 0. The van der Waals surface area contributed by atoms with E-state index in [1.165, 1.54) is 11.1 Å². The molecule has 130 valence electrons. The number of benzene rings is 4. The predicted octanol–water partition coefficient (Wildman–Crippen LogP) is 5.62. The van der Waals surface area contributed by atoms with Crippen molar-refractivity contribution in [3.05, 3.63) is 91.0 Å². The van der Waals surface area contributed by atoms with Crippen molar-refractivity contribution in [3.8, 4) is 16.8 Å². The number of hydrogen-bond donors (Lipinski definition) is 2. The summed E-state index contributed by atoms with van der Waals surface area (Å²) in [7, 11) is 0. The van der Waals surface area contributed by atoms with Crippen molar-refractivity contribution in [2.75, 3.05) is 11.5 Å². The van der Waals surface area contributed by atoms with Crippen molar-refractivity contribution in [2.24, 2.45) is 0 Å². The molecular formula is C24H19N3. The van der Waals surface area contributed by atoms with E-state index in [0.29, 0.717) is 0 Å². The SMILES string of the molecule is Nc1ccc2c(c1)c1cc(N)ccc1n2-c1ccc(-c2ccccc2)cc1. The fourth-order valence-electron chi connectivity index (χ4n) is 3.77. The Hall–Kier alpha value is -3.72. The molecule has 5 aromatic rings. The third-order valence-electron chi connectivity index (χ3n) is 5.05. The lowest BCUT2D eigenvalue weighted by Gasteiger charge is -2.09. The summed E-state index contributed by atoms with van der Waals surface area (Å²) in [6.45, 7) is 0. The Labute approximate surface area is 157 Å². The van der Waals surface area contributed by atoms with Gasteiger partial charge in [0.15, 0.2) is 0 Å². The van der Waals surface area contributed by atoms with Crippen LogP contribution in [0.2, 0.25) is 0 Å². The van der Waals surface area contributed by atoms with Crippen LogP contribution in [0.25, 0.3) is 38.6 Å². The van der Waals surface area contributed by atoms with Gasteiger partial charge in [-0.3, -0.25) is 0 Å². The lowest BCUT2D eigenvalue weighted by Crippen LogP contribution is -1.94. The van der Waals surface area contributed by atoms with Crippen LogP contribution in [0.5, 0.6) is 0 Å². The van der Waals surface area contributed by atoms with Crippen LogP contribution in [-0.4, -0.2) is 4.57 Å². The standard InChI is InChI=1S/C24H19N3/c25-18-8-12-23-21(14-18)22-15-19(26)9-13-24(22)27(23)20-10-6-17(7-11-20)16-4-2-1-3-5-16/h1-15H,25-26H2. The van der Waals surface area contributed by atoms with Gasteiger partial charge < -0.3 is 16.0 Å². The van der Waals surface area contributed by atoms with Crippen molar-refractivity contribution in [1.29, 1.82) is 0 Å². The maximum absolute atomic E-state index is 6.04. The van der Waals surface area contributed by atoms with Gasteiger partial charge in [0.2, 0.25) is 0 Å². The maximum atomic E-state index is 6.04. The summed E-state index contributed by atoms with van der Waals surface area (Å²) in [4.78, 5) is 0. The van der Waals surface area contributed by atoms with E-state index in [2.05, 4.69) is 65.2 Å². The molecule has 0 spiro atoms. The second-order valence-electron chi connectivity index (χ2n) is 6.80. The van der Waals surface area contributed by atoms with Gasteiger partial charge in [-0.15, -0.1) is 0 Å². The number of nitrogens with zero attached hydrogens (tertiary/aromatic N) is 1. The van der Waals surface area contributed by atoms with E-state index in [-0.39, 0.29) is 0 Å². The quantitative estimate of drug-likeness (QED) is 0.407. The largest absolute Gasteiger partial charge is 0.399 e. The van der Waals surface area contributed by atoms with Gasteiger partial charge in [0, 0.05) is 27.8 Å².